The highest BCUT2D eigenvalue weighted by molar-refractivity contribution is 7.18. The molecule has 27 heavy (non-hydrogen) atoms. The van der Waals surface area contributed by atoms with E-state index in [1.807, 2.05) is 25.1 Å². The van der Waals surface area contributed by atoms with E-state index in [-0.39, 0.29) is 18.4 Å². The molecule has 7 heteroatoms. The van der Waals surface area contributed by atoms with Gasteiger partial charge in [0.25, 0.3) is 5.56 Å². The van der Waals surface area contributed by atoms with Gasteiger partial charge < -0.3 is 19.8 Å². The van der Waals surface area contributed by atoms with E-state index in [1.165, 1.54) is 10.4 Å². The first-order valence-electron chi connectivity index (χ1n) is 9.29. The minimum Gasteiger partial charge on any atom is -0.454 e. The van der Waals surface area contributed by atoms with Crippen molar-refractivity contribution in [3.05, 3.63) is 44.8 Å². The van der Waals surface area contributed by atoms with Crippen LogP contribution in [0.15, 0.2) is 23.0 Å². The summed E-state index contributed by atoms with van der Waals surface area (Å²) in [5.41, 5.74) is 2.08. The normalized spacial score (nSPS) is 19.1. The number of aromatic amines is 1. The van der Waals surface area contributed by atoms with E-state index in [0.29, 0.717) is 11.7 Å². The first kappa shape index (κ1) is 16.6. The zero-order valence-corrected chi connectivity index (χ0v) is 16.1. The quantitative estimate of drug-likeness (QED) is 0.715. The summed E-state index contributed by atoms with van der Waals surface area (Å²) in [4.78, 5) is 22.7. The molecule has 0 amide bonds. The third-order valence-corrected chi connectivity index (χ3v) is 6.50. The molecule has 0 unspecified atom stereocenters. The molecule has 0 spiro atoms. The van der Waals surface area contributed by atoms with E-state index in [1.54, 1.807) is 11.3 Å². The van der Waals surface area contributed by atoms with Crippen LogP contribution in [0.3, 0.4) is 0 Å². The minimum absolute atomic E-state index is 0.0265. The second-order valence-electron chi connectivity index (χ2n) is 7.42. The summed E-state index contributed by atoms with van der Waals surface area (Å²) < 4.78 is 10.8. The molecule has 140 valence electrons. The molecule has 5 rings (SSSR count). The predicted molar refractivity (Wildman–Crippen MR) is 106 cm³/mol. The molecule has 3 aromatic rings. The van der Waals surface area contributed by atoms with Crippen LogP contribution in [0.25, 0.3) is 10.2 Å². The number of hydrogen-bond donors (Lipinski definition) is 2. The first-order valence-corrected chi connectivity index (χ1v) is 10.1. The van der Waals surface area contributed by atoms with Crippen molar-refractivity contribution in [2.45, 2.75) is 39.2 Å². The number of H-pyrrole nitrogens is 1. The van der Waals surface area contributed by atoms with Crippen LogP contribution in [0.1, 0.15) is 42.6 Å². The van der Waals surface area contributed by atoms with Gasteiger partial charge in [-0.1, -0.05) is 6.92 Å². The lowest BCUT2D eigenvalue weighted by molar-refractivity contribution is 0.174. The van der Waals surface area contributed by atoms with Crippen molar-refractivity contribution in [3.63, 3.8) is 0 Å². The molecule has 2 atom stereocenters. The molecular weight excluding hydrogens is 362 g/mol. The van der Waals surface area contributed by atoms with Crippen LogP contribution >= 0.6 is 11.3 Å². The standard InChI is InChI=1S/C20H21N3O3S/c1-10-3-5-13-16(7-10)27-20-17(13)19(24)22-18(23-20)11(2)21-12-4-6-14-15(8-12)26-9-25-14/h4,6,8,10-11,21H,3,5,7,9H2,1-2H3,(H,22,23,24)/t10-,11+/m0/s1. The average Bonchev–Trinajstić information content (AvgIpc) is 3.24. The Bertz CT molecular complexity index is 1090. The fourth-order valence-electron chi connectivity index (χ4n) is 3.88. The summed E-state index contributed by atoms with van der Waals surface area (Å²) in [6.45, 7) is 4.51. The minimum atomic E-state index is -0.138. The molecule has 0 bridgehead atoms. The van der Waals surface area contributed by atoms with Gasteiger partial charge in [0, 0.05) is 16.6 Å². The third kappa shape index (κ3) is 2.86. The number of aryl methyl sites for hydroxylation is 1. The van der Waals surface area contributed by atoms with Crippen molar-refractivity contribution in [2.24, 2.45) is 5.92 Å². The van der Waals surface area contributed by atoms with E-state index in [2.05, 4.69) is 17.2 Å². The lowest BCUT2D eigenvalue weighted by atomic mass is 9.89. The topological polar surface area (TPSA) is 76.2 Å². The molecule has 0 saturated carbocycles. The zero-order chi connectivity index (χ0) is 18.5. The summed E-state index contributed by atoms with van der Waals surface area (Å²) in [5.74, 6) is 2.80. The number of hydrogen-bond acceptors (Lipinski definition) is 6. The second-order valence-corrected chi connectivity index (χ2v) is 8.50. The molecule has 1 aliphatic heterocycles. The largest absolute Gasteiger partial charge is 0.454 e. The second kappa shape index (κ2) is 6.27. The van der Waals surface area contributed by atoms with Gasteiger partial charge in [-0.25, -0.2) is 4.98 Å². The summed E-state index contributed by atoms with van der Waals surface area (Å²) in [6.07, 6.45) is 3.17. The van der Waals surface area contributed by atoms with Gasteiger partial charge in [-0.05, 0) is 49.8 Å². The predicted octanol–water partition coefficient (Wildman–Crippen LogP) is 4.01. The Labute approximate surface area is 160 Å². The number of ether oxygens (including phenoxy) is 2. The number of aromatic nitrogens is 2. The van der Waals surface area contributed by atoms with Crippen LogP contribution in [0, 0.1) is 5.92 Å². The molecule has 2 aromatic heterocycles. The number of nitrogens with one attached hydrogen (secondary N) is 2. The average molecular weight is 383 g/mol. The molecule has 2 aliphatic rings. The first-order chi connectivity index (χ1) is 13.1. The van der Waals surface area contributed by atoms with Crippen LogP contribution in [0.4, 0.5) is 5.69 Å². The molecule has 2 N–H and O–H groups in total. The van der Waals surface area contributed by atoms with Crippen LogP contribution in [-0.2, 0) is 12.8 Å². The molecule has 0 fully saturated rings. The molecule has 1 aromatic carbocycles. The Hall–Kier alpha value is -2.54. The van der Waals surface area contributed by atoms with Crippen molar-refractivity contribution in [1.82, 2.24) is 9.97 Å². The highest BCUT2D eigenvalue weighted by atomic mass is 32.1. The fourth-order valence-corrected chi connectivity index (χ4v) is 5.27. The molecule has 0 saturated heterocycles. The Morgan fingerprint density at radius 3 is 3.07 bits per heavy atom. The molecule has 0 radical (unpaired) electrons. The lowest BCUT2D eigenvalue weighted by Crippen LogP contribution is -2.18. The number of thiophene rings is 1. The highest BCUT2D eigenvalue weighted by Gasteiger charge is 2.24. The van der Waals surface area contributed by atoms with Crippen molar-refractivity contribution >= 4 is 27.2 Å². The number of fused-ring (bicyclic) bond motifs is 4. The number of benzene rings is 1. The SMILES string of the molecule is C[C@H]1CCc2c(sc3nc([C@@H](C)Nc4ccc5c(c4)OCO5)[nH]c(=O)c23)C1. The van der Waals surface area contributed by atoms with Crippen molar-refractivity contribution in [3.8, 4) is 11.5 Å². The van der Waals surface area contributed by atoms with Crippen molar-refractivity contribution < 1.29 is 9.47 Å². The Balaban J connectivity index is 1.47. The van der Waals surface area contributed by atoms with Gasteiger partial charge in [-0.15, -0.1) is 11.3 Å². The van der Waals surface area contributed by atoms with Crippen LogP contribution in [-0.4, -0.2) is 16.8 Å². The van der Waals surface area contributed by atoms with Crippen molar-refractivity contribution in [1.29, 1.82) is 0 Å². The summed E-state index contributed by atoms with van der Waals surface area (Å²) >= 11 is 1.68. The zero-order valence-electron chi connectivity index (χ0n) is 15.3. The number of nitrogens with zero attached hydrogens (tertiary/aromatic N) is 1. The maximum Gasteiger partial charge on any atom is 0.259 e. The smallest absolute Gasteiger partial charge is 0.259 e. The Morgan fingerprint density at radius 1 is 1.33 bits per heavy atom. The summed E-state index contributed by atoms with van der Waals surface area (Å²) in [7, 11) is 0. The Kier molecular flexibility index (Phi) is 3.86. The van der Waals surface area contributed by atoms with Gasteiger partial charge in [-0.3, -0.25) is 4.79 Å². The molecule has 1 aliphatic carbocycles. The van der Waals surface area contributed by atoms with Gasteiger partial charge >= 0.3 is 0 Å². The van der Waals surface area contributed by atoms with E-state index < -0.39 is 0 Å². The number of rotatable bonds is 3. The van der Waals surface area contributed by atoms with Crippen LogP contribution in [0.5, 0.6) is 11.5 Å². The molecule has 3 heterocycles. The van der Waals surface area contributed by atoms with Gasteiger partial charge in [0.05, 0.1) is 11.4 Å². The van der Waals surface area contributed by atoms with Crippen LogP contribution in [0.2, 0.25) is 0 Å². The van der Waals surface area contributed by atoms with Gasteiger partial charge in [0.2, 0.25) is 6.79 Å². The van der Waals surface area contributed by atoms with Gasteiger partial charge in [0.15, 0.2) is 11.5 Å². The van der Waals surface area contributed by atoms with E-state index >= 15 is 0 Å². The molecular formula is C20H21N3O3S. The lowest BCUT2D eigenvalue weighted by Gasteiger charge is -2.17. The monoisotopic (exact) mass is 383 g/mol. The fraction of sp³-hybridized carbons (Fsp3) is 0.400. The highest BCUT2D eigenvalue weighted by Crippen LogP contribution is 2.37. The van der Waals surface area contributed by atoms with Crippen molar-refractivity contribution in [2.75, 3.05) is 12.1 Å². The summed E-state index contributed by atoms with van der Waals surface area (Å²) in [6, 6.07) is 5.58. The van der Waals surface area contributed by atoms with E-state index in [4.69, 9.17) is 14.5 Å². The van der Waals surface area contributed by atoms with Gasteiger partial charge in [-0.2, -0.15) is 0 Å². The maximum atomic E-state index is 12.8. The maximum absolute atomic E-state index is 12.8. The summed E-state index contributed by atoms with van der Waals surface area (Å²) in [5, 5.41) is 4.18. The van der Waals surface area contributed by atoms with Gasteiger partial charge in [0.1, 0.15) is 10.7 Å². The molecule has 6 nitrogen and oxygen atoms in total. The third-order valence-electron chi connectivity index (χ3n) is 5.35. The Morgan fingerprint density at radius 2 is 2.19 bits per heavy atom. The van der Waals surface area contributed by atoms with E-state index in [9.17, 15) is 4.79 Å². The van der Waals surface area contributed by atoms with Crippen LogP contribution < -0.4 is 20.3 Å². The number of anilines is 1. The van der Waals surface area contributed by atoms with E-state index in [0.717, 1.165) is 46.7 Å².